The molecular weight excluding hydrogens is 440 g/mol. The highest BCUT2D eigenvalue weighted by molar-refractivity contribution is 6.15. The quantitative estimate of drug-likeness (QED) is 0.561. The predicted molar refractivity (Wildman–Crippen MR) is 133 cm³/mol. The number of hydrogen-bond acceptors (Lipinski definition) is 4. The molecule has 184 valence electrons. The Hall–Kier alpha value is -3.15. The van der Waals surface area contributed by atoms with Crippen LogP contribution in [0.15, 0.2) is 54.6 Å². The minimum atomic E-state index is -1.47. The standard InChI is InChI=1S/C29H34N2O4/c1-19(2)22-14-13-20(3)17-25(22)35-28(34)29-16-15-26(32)31(29)24-12-8-7-11-23(24)27(33)30(29)18-21-9-5-4-6-10-21/h4-12,19-20,22,25H,13-18H2,1-3H3/t20-,22-,25-,29+/m1/s1. The summed E-state index contributed by atoms with van der Waals surface area (Å²) in [5, 5.41) is 0. The van der Waals surface area contributed by atoms with Crippen LogP contribution in [0.5, 0.6) is 0 Å². The third kappa shape index (κ3) is 3.93. The Morgan fingerprint density at radius 2 is 1.77 bits per heavy atom. The molecule has 5 rings (SSSR count). The Bertz CT molecular complexity index is 1130. The van der Waals surface area contributed by atoms with E-state index in [1.54, 1.807) is 34.1 Å². The summed E-state index contributed by atoms with van der Waals surface area (Å²) in [5.41, 5.74) is 0.366. The molecule has 1 aliphatic carbocycles. The highest BCUT2D eigenvalue weighted by Crippen LogP contribution is 2.47. The van der Waals surface area contributed by atoms with Gasteiger partial charge in [0.2, 0.25) is 11.6 Å². The number of rotatable bonds is 5. The van der Waals surface area contributed by atoms with Gasteiger partial charge >= 0.3 is 5.97 Å². The summed E-state index contributed by atoms with van der Waals surface area (Å²) < 4.78 is 6.33. The molecule has 0 N–H and O–H groups in total. The lowest BCUT2D eigenvalue weighted by Gasteiger charge is -2.49. The van der Waals surface area contributed by atoms with E-state index >= 15 is 0 Å². The Morgan fingerprint density at radius 1 is 1.06 bits per heavy atom. The predicted octanol–water partition coefficient (Wildman–Crippen LogP) is 5.17. The first kappa shape index (κ1) is 23.6. The Balaban J connectivity index is 1.58. The van der Waals surface area contributed by atoms with E-state index < -0.39 is 11.6 Å². The average Bonchev–Trinajstić information content (AvgIpc) is 3.20. The van der Waals surface area contributed by atoms with Crippen molar-refractivity contribution in [3.05, 3.63) is 65.7 Å². The zero-order chi connectivity index (χ0) is 24.7. The first-order chi connectivity index (χ1) is 16.8. The molecule has 0 aromatic heterocycles. The lowest BCUT2D eigenvalue weighted by molar-refractivity contribution is -0.169. The summed E-state index contributed by atoms with van der Waals surface area (Å²) in [5.74, 6) is 0.240. The zero-order valence-electron chi connectivity index (χ0n) is 20.8. The largest absolute Gasteiger partial charge is 0.459 e. The van der Waals surface area contributed by atoms with E-state index in [4.69, 9.17) is 4.74 Å². The SMILES string of the molecule is CC(C)[C@H]1CC[C@@H](C)C[C@H]1OC(=O)[C@]12CCC(=O)N1c1ccccc1C(=O)N2Cc1ccccc1. The van der Waals surface area contributed by atoms with E-state index in [2.05, 4.69) is 20.8 Å². The van der Waals surface area contributed by atoms with Crippen molar-refractivity contribution in [3.8, 4) is 0 Å². The van der Waals surface area contributed by atoms with Crippen molar-refractivity contribution >= 4 is 23.5 Å². The van der Waals surface area contributed by atoms with Gasteiger partial charge in [-0.05, 0) is 48.3 Å². The molecule has 2 aromatic carbocycles. The van der Waals surface area contributed by atoms with E-state index in [1.807, 2.05) is 30.3 Å². The molecule has 3 aliphatic rings. The first-order valence-corrected chi connectivity index (χ1v) is 12.8. The van der Waals surface area contributed by atoms with Gasteiger partial charge in [0, 0.05) is 19.4 Å². The number of para-hydroxylation sites is 1. The van der Waals surface area contributed by atoms with Crippen LogP contribution in [0, 0.1) is 17.8 Å². The van der Waals surface area contributed by atoms with Gasteiger partial charge in [-0.2, -0.15) is 0 Å². The summed E-state index contributed by atoms with van der Waals surface area (Å²) in [6.07, 6.45) is 3.15. The van der Waals surface area contributed by atoms with Crippen molar-refractivity contribution in [2.45, 2.75) is 71.2 Å². The molecule has 2 aromatic rings. The minimum Gasteiger partial charge on any atom is -0.459 e. The van der Waals surface area contributed by atoms with Gasteiger partial charge in [0.05, 0.1) is 11.3 Å². The van der Waals surface area contributed by atoms with Gasteiger partial charge in [0.15, 0.2) is 0 Å². The van der Waals surface area contributed by atoms with Crippen LogP contribution in [0.4, 0.5) is 5.69 Å². The number of benzene rings is 2. The number of anilines is 1. The highest BCUT2D eigenvalue weighted by atomic mass is 16.5. The summed E-state index contributed by atoms with van der Waals surface area (Å²) in [6, 6.07) is 16.7. The van der Waals surface area contributed by atoms with Crippen molar-refractivity contribution in [1.82, 2.24) is 4.90 Å². The monoisotopic (exact) mass is 474 g/mol. The number of esters is 1. The van der Waals surface area contributed by atoms with Crippen LogP contribution in [0.2, 0.25) is 0 Å². The number of amides is 2. The second-order valence-electron chi connectivity index (χ2n) is 10.7. The van der Waals surface area contributed by atoms with Crippen molar-refractivity contribution in [1.29, 1.82) is 0 Å². The first-order valence-electron chi connectivity index (χ1n) is 12.8. The van der Waals surface area contributed by atoms with E-state index in [0.29, 0.717) is 23.1 Å². The van der Waals surface area contributed by atoms with Gasteiger partial charge in [0.1, 0.15) is 6.10 Å². The van der Waals surface area contributed by atoms with Gasteiger partial charge < -0.3 is 9.64 Å². The van der Waals surface area contributed by atoms with Crippen LogP contribution < -0.4 is 4.90 Å². The van der Waals surface area contributed by atoms with Gasteiger partial charge in [0.25, 0.3) is 5.91 Å². The third-order valence-electron chi connectivity index (χ3n) is 8.10. The minimum absolute atomic E-state index is 0.155. The molecule has 1 saturated heterocycles. The molecule has 0 spiro atoms. The molecule has 6 nitrogen and oxygen atoms in total. The number of hydrogen-bond donors (Lipinski definition) is 0. The Morgan fingerprint density at radius 3 is 2.51 bits per heavy atom. The van der Waals surface area contributed by atoms with E-state index in [0.717, 1.165) is 24.8 Å². The van der Waals surface area contributed by atoms with E-state index in [-0.39, 0.29) is 43.2 Å². The lowest BCUT2D eigenvalue weighted by Crippen LogP contribution is -2.68. The third-order valence-corrected chi connectivity index (χ3v) is 8.10. The number of fused-ring (bicyclic) bond motifs is 3. The molecule has 6 heteroatoms. The van der Waals surface area contributed by atoms with Gasteiger partial charge in [-0.3, -0.25) is 14.5 Å². The highest BCUT2D eigenvalue weighted by Gasteiger charge is 2.62. The molecule has 35 heavy (non-hydrogen) atoms. The molecule has 2 fully saturated rings. The molecule has 2 aliphatic heterocycles. The smallest absolute Gasteiger partial charge is 0.354 e. The van der Waals surface area contributed by atoms with Gasteiger partial charge in [-0.15, -0.1) is 0 Å². The number of ether oxygens (including phenoxy) is 1. The number of nitrogens with zero attached hydrogens (tertiary/aromatic N) is 2. The fourth-order valence-corrected chi connectivity index (χ4v) is 6.22. The van der Waals surface area contributed by atoms with Crippen LogP contribution in [-0.4, -0.2) is 34.5 Å². The number of carbonyl (C=O) groups excluding carboxylic acids is 3. The van der Waals surface area contributed by atoms with Gasteiger partial charge in [-0.1, -0.05) is 69.7 Å². The Labute approximate surface area is 207 Å². The number of carbonyl (C=O) groups is 3. The fourth-order valence-electron chi connectivity index (χ4n) is 6.22. The van der Waals surface area contributed by atoms with Crippen LogP contribution in [-0.2, 0) is 20.9 Å². The second kappa shape index (κ2) is 9.14. The van der Waals surface area contributed by atoms with Crippen molar-refractivity contribution in [2.24, 2.45) is 17.8 Å². The molecule has 2 amide bonds. The maximum absolute atomic E-state index is 14.2. The Kier molecular flexibility index (Phi) is 6.16. The average molecular weight is 475 g/mol. The summed E-state index contributed by atoms with van der Waals surface area (Å²) >= 11 is 0. The topological polar surface area (TPSA) is 66.9 Å². The maximum Gasteiger partial charge on any atom is 0.354 e. The van der Waals surface area contributed by atoms with Gasteiger partial charge in [-0.25, -0.2) is 4.79 Å². The normalized spacial score (nSPS) is 28.2. The van der Waals surface area contributed by atoms with Crippen LogP contribution >= 0.6 is 0 Å². The molecule has 4 atom stereocenters. The molecule has 1 saturated carbocycles. The molecule has 0 unspecified atom stereocenters. The second-order valence-corrected chi connectivity index (χ2v) is 10.7. The summed E-state index contributed by atoms with van der Waals surface area (Å²) in [7, 11) is 0. The van der Waals surface area contributed by atoms with Crippen LogP contribution in [0.3, 0.4) is 0 Å². The van der Waals surface area contributed by atoms with Crippen molar-refractivity contribution in [2.75, 3.05) is 4.90 Å². The lowest BCUT2D eigenvalue weighted by atomic mass is 9.75. The summed E-state index contributed by atoms with van der Waals surface area (Å²) in [4.78, 5) is 44.5. The van der Waals surface area contributed by atoms with Crippen LogP contribution in [0.1, 0.15) is 68.8 Å². The van der Waals surface area contributed by atoms with E-state index in [9.17, 15) is 14.4 Å². The van der Waals surface area contributed by atoms with Crippen LogP contribution in [0.25, 0.3) is 0 Å². The molecular formula is C29H34N2O4. The zero-order valence-corrected chi connectivity index (χ0v) is 20.8. The van der Waals surface area contributed by atoms with E-state index in [1.165, 1.54) is 0 Å². The fraction of sp³-hybridized carbons (Fsp3) is 0.483. The van der Waals surface area contributed by atoms with Crippen molar-refractivity contribution < 1.29 is 19.1 Å². The molecule has 0 bridgehead atoms. The van der Waals surface area contributed by atoms with Crippen molar-refractivity contribution in [3.63, 3.8) is 0 Å². The summed E-state index contributed by atoms with van der Waals surface area (Å²) in [6.45, 7) is 6.77. The molecule has 0 radical (unpaired) electrons. The molecule has 2 heterocycles. The maximum atomic E-state index is 14.2.